The first kappa shape index (κ1) is 30.3. The number of benzene rings is 2. The number of rotatable bonds is 8. The number of hydrogen-bond acceptors (Lipinski definition) is 8. The van der Waals surface area contributed by atoms with Crippen molar-refractivity contribution in [2.24, 2.45) is 11.1 Å². The number of piperazine rings is 1. The lowest BCUT2D eigenvalue weighted by molar-refractivity contribution is -0.127. The zero-order valence-corrected chi connectivity index (χ0v) is 25.8. The van der Waals surface area contributed by atoms with Crippen LogP contribution in [-0.4, -0.2) is 85.7 Å². The molecule has 0 aliphatic carbocycles. The molecule has 6 rings (SSSR count). The summed E-state index contributed by atoms with van der Waals surface area (Å²) in [7, 11) is 1.57. The zero-order valence-electron chi connectivity index (χ0n) is 25.8. The lowest BCUT2D eigenvalue weighted by Crippen LogP contribution is -2.46. The van der Waals surface area contributed by atoms with Crippen LogP contribution in [0.15, 0.2) is 73.2 Å². The van der Waals surface area contributed by atoms with Crippen molar-refractivity contribution in [3.63, 3.8) is 0 Å². The smallest absolute Gasteiger partial charge is 0.253 e. The van der Waals surface area contributed by atoms with E-state index < -0.39 is 5.41 Å². The monoisotopic (exact) mass is 607 g/mol. The molecule has 10 heteroatoms. The molecule has 3 saturated heterocycles. The number of carbonyl (C=O) groups is 2. The number of allylic oxidation sites excluding steroid dienone is 1. The average molecular weight is 608 g/mol. The van der Waals surface area contributed by atoms with E-state index in [4.69, 9.17) is 15.9 Å². The van der Waals surface area contributed by atoms with Gasteiger partial charge in [-0.2, -0.15) is 0 Å². The number of nitrogens with zero attached hydrogens (tertiary/aromatic N) is 5. The molecule has 0 atom stereocenters. The highest BCUT2D eigenvalue weighted by atomic mass is 16.5. The Morgan fingerprint density at radius 2 is 1.69 bits per heavy atom. The Morgan fingerprint density at radius 1 is 0.978 bits per heavy atom. The Kier molecular flexibility index (Phi) is 8.84. The van der Waals surface area contributed by atoms with E-state index in [1.807, 2.05) is 52.4 Å². The van der Waals surface area contributed by atoms with Gasteiger partial charge in [0.15, 0.2) is 0 Å². The summed E-state index contributed by atoms with van der Waals surface area (Å²) in [4.78, 5) is 40.0. The van der Waals surface area contributed by atoms with Gasteiger partial charge < -0.3 is 30.6 Å². The van der Waals surface area contributed by atoms with E-state index in [1.54, 1.807) is 13.3 Å². The van der Waals surface area contributed by atoms with E-state index in [0.29, 0.717) is 54.9 Å². The number of methoxy groups -OCH3 is 1. The first-order valence-electron chi connectivity index (χ1n) is 15.6. The summed E-state index contributed by atoms with van der Waals surface area (Å²) >= 11 is 0. The van der Waals surface area contributed by atoms with E-state index in [9.17, 15) is 9.59 Å². The highest BCUT2D eigenvalue weighted by Crippen LogP contribution is 2.44. The number of nitrogens with two attached hydrogens (primary N) is 1. The Labute approximate surface area is 264 Å². The Hall–Kier alpha value is -4.70. The van der Waals surface area contributed by atoms with Crippen molar-refractivity contribution < 1.29 is 14.3 Å². The minimum atomic E-state index is -0.455. The number of ether oxygens (including phenoxy) is 1. The lowest BCUT2D eigenvalue weighted by Gasteiger charge is -2.38. The van der Waals surface area contributed by atoms with Crippen LogP contribution in [0.5, 0.6) is 5.75 Å². The molecule has 3 aromatic rings. The maximum absolute atomic E-state index is 13.8. The largest absolute Gasteiger partial charge is 0.496 e. The van der Waals surface area contributed by atoms with Crippen LogP contribution >= 0.6 is 0 Å². The van der Waals surface area contributed by atoms with Crippen LogP contribution < -0.4 is 20.3 Å². The molecule has 2 aromatic carbocycles. The van der Waals surface area contributed by atoms with Crippen molar-refractivity contribution in [2.45, 2.75) is 25.8 Å². The molecule has 2 amide bonds. The van der Waals surface area contributed by atoms with Gasteiger partial charge in [-0.1, -0.05) is 6.07 Å². The number of piperidine rings is 1. The number of carbonyl (C=O) groups excluding carboxylic acids is 2. The number of anilines is 2. The standard InChI is InChI=1S/C35H41N7O3/c1-45-32-21-30(8-9-31(32)28(22-36)23-37)42-16-12-35(34(42)44)10-14-41(15-11-35)33(43)27-4-6-29(7-5-27)40-19-17-39(18-20-40)25-26-3-2-13-38-24-26/h2-9,13,21-24,36H,10-12,14-20,25,37H2,1H3/b28-23+,36-22?. The van der Waals surface area contributed by atoms with Crippen LogP contribution in [0.1, 0.15) is 40.7 Å². The third-order valence-electron chi connectivity index (χ3n) is 9.64. The van der Waals surface area contributed by atoms with Gasteiger partial charge in [-0.3, -0.25) is 19.5 Å². The maximum Gasteiger partial charge on any atom is 0.253 e. The summed E-state index contributed by atoms with van der Waals surface area (Å²) in [5.41, 5.74) is 10.3. The lowest BCUT2D eigenvalue weighted by atomic mass is 9.77. The molecular weight excluding hydrogens is 566 g/mol. The predicted molar refractivity (Wildman–Crippen MR) is 177 cm³/mol. The van der Waals surface area contributed by atoms with Crippen molar-refractivity contribution in [3.8, 4) is 5.75 Å². The summed E-state index contributed by atoms with van der Waals surface area (Å²) in [6.45, 7) is 6.51. The van der Waals surface area contributed by atoms with Crippen LogP contribution in [0, 0.1) is 10.8 Å². The van der Waals surface area contributed by atoms with E-state index >= 15 is 0 Å². The molecule has 0 unspecified atom stereocenters. The molecule has 0 saturated carbocycles. The molecule has 1 spiro atoms. The molecule has 10 nitrogen and oxygen atoms in total. The van der Waals surface area contributed by atoms with Crippen LogP contribution in [0.4, 0.5) is 11.4 Å². The summed E-state index contributed by atoms with van der Waals surface area (Å²) in [5.74, 6) is 0.696. The minimum absolute atomic E-state index is 0.0234. The van der Waals surface area contributed by atoms with Gasteiger partial charge in [-0.15, -0.1) is 0 Å². The van der Waals surface area contributed by atoms with Gasteiger partial charge in [-0.25, -0.2) is 0 Å². The molecule has 234 valence electrons. The quantitative estimate of drug-likeness (QED) is 0.372. The van der Waals surface area contributed by atoms with Crippen molar-refractivity contribution in [1.29, 1.82) is 5.41 Å². The average Bonchev–Trinajstić information content (AvgIpc) is 3.40. The van der Waals surface area contributed by atoms with Crippen LogP contribution in [0.2, 0.25) is 0 Å². The SMILES string of the molecule is COc1cc(N2CCC3(CCN(C(=O)c4ccc(N5CCN(Cc6cccnc6)CC5)cc4)CC3)C2=O)ccc1/C(C=N)=C/N. The van der Waals surface area contributed by atoms with Gasteiger partial charge in [0.25, 0.3) is 5.91 Å². The number of hydrogen-bond donors (Lipinski definition) is 2. The maximum atomic E-state index is 13.8. The Morgan fingerprint density at radius 3 is 2.33 bits per heavy atom. The fraction of sp³-hybridized carbons (Fsp3) is 0.371. The number of amides is 2. The molecule has 0 bridgehead atoms. The number of nitrogens with one attached hydrogen (secondary N) is 1. The van der Waals surface area contributed by atoms with Crippen molar-refractivity contribution in [1.82, 2.24) is 14.8 Å². The van der Waals surface area contributed by atoms with Crippen molar-refractivity contribution >= 4 is 35.0 Å². The summed E-state index contributed by atoms with van der Waals surface area (Å²) in [6, 6.07) is 17.6. The van der Waals surface area contributed by atoms with Crippen molar-refractivity contribution in [3.05, 3.63) is 89.9 Å². The molecular formula is C35H41N7O3. The first-order valence-corrected chi connectivity index (χ1v) is 15.6. The third kappa shape index (κ3) is 6.15. The Balaban J connectivity index is 1.03. The molecule has 3 aliphatic rings. The molecule has 4 heterocycles. The first-order chi connectivity index (χ1) is 21.9. The van der Waals surface area contributed by atoms with Crippen LogP contribution in [-0.2, 0) is 11.3 Å². The van der Waals surface area contributed by atoms with E-state index in [1.165, 1.54) is 18.0 Å². The second kappa shape index (κ2) is 13.1. The van der Waals surface area contributed by atoms with E-state index in [2.05, 4.69) is 33.0 Å². The topological polar surface area (TPSA) is 119 Å². The molecule has 0 radical (unpaired) electrons. The van der Waals surface area contributed by atoms with Crippen LogP contribution in [0.3, 0.4) is 0 Å². The number of pyridine rings is 1. The zero-order chi connectivity index (χ0) is 31.4. The fourth-order valence-corrected chi connectivity index (χ4v) is 6.88. The summed E-state index contributed by atoms with van der Waals surface area (Å²) in [5, 5.41) is 7.61. The minimum Gasteiger partial charge on any atom is -0.496 e. The third-order valence-corrected chi connectivity index (χ3v) is 9.64. The number of likely N-dealkylation sites (tertiary alicyclic amines) is 1. The highest BCUT2D eigenvalue weighted by molar-refractivity contribution is 6.09. The van der Waals surface area contributed by atoms with Gasteiger partial charge in [-0.05, 0) is 67.3 Å². The highest BCUT2D eigenvalue weighted by Gasteiger charge is 2.49. The van der Waals surface area contributed by atoms with Crippen LogP contribution in [0.25, 0.3) is 5.57 Å². The van der Waals surface area contributed by atoms with Gasteiger partial charge in [0.2, 0.25) is 5.91 Å². The van der Waals surface area contributed by atoms with Gasteiger partial charge in [0.1, 0.15) is 5.75 Å². The Bertz CT molecular complexity index is 1560. The summed E-state index contributed by atoms with van der Waals surface area (Å²) < 4.78 is 5.56. The van der Waals surface area contributed by atoms with Gasteiger partial charge >= 0.3 is 0 Å². The second-order valence-corrected chi connectivity index (χ2v) is 12.1. The predicted octanol–water partition coefficient (Wildman–Crippen LogP) is 4.02. The summed E-state index contributed by atoms with van der Waals surface area (Å²) in [6.07, 6.45) is 8.36. The van der Waals surface area contributed by atoms with Gasteiger partial charge in [0, 0.05) is 111 Å². The van der Waals surface area contributed by atoms with E-state index in [-0.39, 0.29) is 11.8 Å². The molecule has 3 fully saturated rings. The van der Waals surface area contributed by atoms with E-state index in [0.717, 1.165) is 50.5 Å². The van der Waals surface area contributed by atoms with Crippen molar-refractivity contribution in [2.75, 3.05) is 62.7 Å². The number of aromatic nitrogens is 1. The normalized spacial score (nSPS) is 18.8. The van der Waals surface area contributed by atoms with Gasteiger partial charge in [0.05, 0.1) is 12.5 Å². The molecule has 3 aliphatic heterocycles. The molecule has 45 heavy (non-hydrogen) atoms. The molecule has 3 N–H and O–H groups in total. The molecule has 1 aromatic heterocycles. The fourth-order valence-electron chi connectivity index (χ4n) is 6.88. The second-order valence-electron chi connectivity index (χ2n) is 12.1.